The quantitative estimate of drug-likeness (QED) is 0.871. The number of hydrogen-bond acceptors (Lipinski definition) is 2. The highest BCUT2D eigenvalue weighted by Gasteiger charge is 2.21. The first kappa shape index (κ1) is 14.0. The summed E-state index contributed by atoms with van der Waals surface area (Å²) in [7, 11) is 0. The number of carbonyl (C=O) groups is 1. The van der Waals surface area contributed by atoms with Crippen molar-refractivity contribution in [1.82, 2.24) is 10.6 Å². The Balaban J connectivity index is 1.83. The molecule has 2 N–H and O–H groups in total. The molecule has 1 aliphatic heterocycles. The Morgan fingerprint density at radius 2 is 2.21 bits per heavy atom. The number of amides is 1. The lowest BCUT2D eigenvalue weighted by molar-refractivity contribution is -0.121. The van der Waals surface area contributed by atoms with E-state index in [-0.39, 0.29) is 24.2 Å². The third kappa shape index (κ3) is 4.31. The largest absolute Gasteiger partial charge is 0.353 e. The molecule has 1 aromatic carbocycles. The maximum atomic E-state index is 13.0. The van der Waals surface area contributed by atoms with Crippen LogP contribution in [0.4, 0.5) is 4.39 Å². The molecular weight excluding hydrogens is 243 g/mol. The van der Waals surface area contributed by atoms with E-state index in [0.29, 0.717) is 5.92 Å². The standard InChI is InChI=1S/C15H21FN2O/c1-11(13-5-7-17-8-6-13)18-15(19)10-12-3-2-4-14(16)9-12/h2-4,9,11,13,17H,5-8,10H2,1H3,(H,18,19). The second-order valence-electron chi connectivity index (χ2n) is 5.25. The molecule has 0 aliphatic carbocycles. The zero-order valence-corrected chi connectivity index (χ0v) is 11.3. The normalized spacial score (nSPS) is 18.0. The highest BCUT2D eigenvalue weighted by atomic mass is 19.1. The molecule has 1 amide bonds. The predicted octanol–water partition coefficient (Wildman–Crippen LogP) is 1.87. The number of hydrogen-bond donors (Lipinski definition) is 2. The van der Waals surface area contributed by atoms with E-state index in [1.54, 1.807) is 12.1 Å². The molecule has 0 radical (unpaired) electrons. The van der Waals surface area contributed by atoms with Crippen LogP contribution in [0.1, 0.15) is 25.3 Å². The van der Waals surface area contributed by atoms with Crippen molar-refractivity contribution in [3.63, 3.8) is 0 Å². The van der Waals surface area contributed by atoms with Crippen LogP contribution in [-0.4, -0.2) is 25.0 Å². The molecule has 104 valence electrons. The van der Waals surface area contributed by atoms with E-state index in [4.69, 9.17) is 0 Å². The first-order valence-electron chi connectivity index (χ1n) is 6.89. The van der Waals surface area contributed by atoms with E-state index in [2.05, 4.69) is 17.6 Å². The van der Waals surface area contributed by atoms with Gasteiger partial charge in [0.1, 0.15) is 5.82 Å². The minimum Gasteiger partial charge on any atom is -0.353 e. The van der Waals surface area contributed by atoms with Gasteiger partial charge < -0.3 is 10.6 Å². The smallest absolute Gasteiger partial charge is 0.224 e. The Morgan fingerprint density at radius 1 is 1.47 bits per heavy atom. The maximum Gasteiger partial charge on any atom is 0.224 e. The molecule has 1 atom stereocenters. The van der Waals surface area contributed by atoms with Gasteiger partial charge in [-0.1, -0.05) is 12.1 Å². The Bertz CT molecular complexity index is 430. The molecule has 4 heteroatoms. The van der Waals surface area contributed by atoms with Gasteiger partial charge in [-0.3, -0.25) is 4.79 Å². The predicted molar refractivity (Wildman–Crippen MR) is 73.3 cm³/mol. The first-order chi connectivity index (χ1) is 9.15. The topological polar surface area (TPSA) is 41.1 Å². The molecular formula is C15H21FN2O. The lowest BCUT2D eigenvalue weighted by Gasteiger charge is -2.28. The van der Waals surface area contributed by atoms with Crippen LogP contribution in [0.5, 0.6) is 0 Å². The molecule has 19 heavy (non-hydrogen) atoms. The minimum absolute atomic E-state index is 0.0309. The van der Waals surface area contributed by atoms with Gasteiger partial charge in [0.2, 0.25) is 5.91 Å². The van der Waals surface area contributed by atoms with Crippen LogP contribution in [0.15, 0.2) is 24.3 Å². The minimum atomic E-state index is -0.295. The number of carbonyl (C=O) groups excluding carboxylic acids is 1. The fraction of sp³-hybridized carbons (Fsp3) is 0.533. The second-order valence-corrected chi connectivity index (χ2v) is 5.25. The lowest BCUT2D eigenvalue weighted by atomic mass is 9.91. The van der Waals surface area contributed by atoms with E-state index in [0.717, 1.165) is 31.5 Å². The third-order valence-corrected chi connectivity index (χ3v) is 3.73. The number of rotatable bonds is 4. The van der Waals surface area contributed by atoms with Crippen LogP contribution in [0.3, 0.4) is 0 Å². The number of piperidine rings is 1. The van der Waals surface area contributed by atoms with Gasteiger partial charge in [-0.05, 0) is 56.5 Å². The zero-order chi connectivity index (χ0) is 13.7. The summed E-state index contributed by atoms with van der Waals surface area (Å²) in [5, 5.41) is 6.34. The van der Waals surface area contributed by atoms with Crippen molar-refractivity contribution in [2.75, 3.05) is 13.1 Å². The van der Waals surface area contributed by atoms with E-state index < -0.39 is 0 Å². The van der Waals surface area contributed by atoms with Gasteiger partial charge in [-0.25, -0.2) is 4.39 Å². The van der Waals surface area contributed by atoms with E-state index >= 15 is 0 Å². The fourth-order valence-electron chi connectivity index (χ4n) is 2.60. The van der Waals surface area contributed by atoms with Crippen molar-refractivity contribution < 1.29 is 9.18 Å². The summed E-state index contributed by atoms with van der Waals surface area (Å²) in [4.78, 5) is 11.9. The highest BCUT2D eigenvalue weighted by molar-refractivity contribution is 5.78. The fourth-order valence-corrected chi connectivity index (χ4v) is 2.60. The molecule has 2 rings (SSSR count). The van der Waals surface area contributed by atoms with Crippen molar-refractivity contribution in [2.24, 2.45) is 5.92 Å². The van der Waals surface area contributed by atoms with E-state index in [1.807, 2.05) is 0 Å². The van der Waals surface area contributed by atoms with Crippen molar-refractivity contribution in [1.29, 1.82) is 0 Å². The Labute approximate surface area is 113 Å². The summed E-state index contributed by atoms with van der Waals surface area (Å²) < 4.78 is 13.0. The van der Waals surface area contributed by atoms with E-state index in [1.165, 1.54) is 12.1 Å². The maximum absolute atomic E-state index is 13.0. The number of halogens is 1. The summed E-state index contributed by atoms with van der Waals surface area (Å²) >= 11 is 0. The summed E-state index contributed by atoms with van der Waals surface area (Å²) in [5.74, 6) is 0.214. The number of benzene rings is 1. The van der Waals surface area contributed by atoms with Crippen LogP contribution < -0.4 is 10.6 Å². The van der Waals surface area contributed by atoms with Crippen molar-refractivity contribution in [2.45, 2.75) is 32.2 Å². The van der Waals surface area contributed by atoms with Gasteiger partial charge in [-0.15, -0.1) is 0 Å². The molecule has 0 aromatic heterocycles. The van der Waals surface area contributed by atoms with Crippen LogP contribution in [-0.2, 0) is 11.2 Å². The van der Waals surface area contributed by atoms with Gasteiger partial charge in [0.05, 0.1) is 6.42 Å². The van der Waals surface area contributed by atoms with E-state index in [9.17, 15) is 9.18 Å². The molecule has 3 nitrogen and oxygen atoms in total. The summed E-state index contributed by atoms with van der Waals surface area (Å²) in [5.41, 5.74) is 0.718. The molecule has 1 aromatic rings. The van der Waals surface area contributed by atoms with Gasteiger partial charge in [-0.2, -0.15) is 0 Å². The molecule has 0 spiro atoms. The van der Waals surface area contributed by atoms with Crippen LogP contribution in [0.2, 0.25) is 0 Å². The molecule has 1 heterocycles. The summed E-state index contributed by atoms with van der Waals surface area (Å²) in [6, 6.07) is 6.39. The Morgan fingerprint density at radius 3 is 2.89 bits per heavy atom. The average molecular weight is 264 g/mol. The zero-order valence-electron chi connectivity index (χ0n) is 11.3. The van der Waals surface area contributed by atoms with Crippen molar-refractivity contribution in [3.8, 4) is 0 Å². The van der Waals surface area contributed by atoms with Crippen LogP contribution in [0.25, 0.3) is 0 Å². The lowest BCUT2D eigenvalue weighted by Crippen LogP contribution is -2.43. The Hall–Kier alpha value is -1.42. The summed E-state index contributed by atoms with van der Waals surface area (Å²) in [6.07, 6.45) is 2.44. The monoisotopic (exact) mass is 264 g/mol. The molecule has 1 unspecified atom stereocenters. The van der Waals surface area contributed by atoms with Crippen molar-refractivity contribution in [3.05, 3.63) is 35.6 Å². The van der Waals surface area contributed by atoms with Gasteiger partial charge in [0.15, 0.2) is 0 Å². The summed E-state index contributed by atoms with van der Waals surface area (Å²) in [6.45, 7) is 4.10. The van der Waals surface area contributed by atoms with Gasteiger partial charge >= 0.3 is 0 Å². The third-order valence-electron chi connectivity index (χ3n) is 3.73. The van der Waals surface area contributed by atoms with Gasteiger partial charge in [0.25, 0.3) is 0 Å². The molecule has 1 aliphatic rings. The highest BCUT2D eigenvalue weighted by Crippen LogP contribution is 2.16. The molecule has 0 saturated carbocycles. The molecule has 1 fully saturated rings. The second kappa shape index (κ2) is 6.66. The average Bonchev–Trinajstić information content (AvgIpc) is 2.39. The van der Waals surface area contributed by atoms with Gasteiger partial charge in [0, 0.05) is 6.04 Å². The van der Waals surface area contributed by atoms with Crippen molar-refractivity contribution >= 4 is 5.91 Å². The first-order valence-corrected chi connectivity index (χ1v) is 6.89. The molecule has 0 bridgehead atoms. The SMILES string of the molecule is CC(NC(=O)Cc1cccc(F)c1)C1CCNCC1. The number of nitrogens with one attached hydrogen (secondary N) is 2. The molecule has 1 saturated heterocycles. The Kier molecular flexibility index (Phi) is 4.91. The van der Waals surface area contributed by atoms with Crippen LogP contribution >= 0.6 is 0 Å². The van der Waals surface area contributed by atoms with Crippen LogP contribution in [0, 0.1) is 11.7 Å².